The first kappa shape index (κ1) is 17.7. The number of rotatable bonds is 4. The van der Waals surface area contributed by atoms with Crippen LogP contribution in [0.4, 0.5) is 5.69 Å². The number of hydrogen-bond donors (Lipinski definition) is 3. The van der Waals surface area contributed by atoms with Gasteiger partial charge in [-0.3, -0.25) is 14.6 Å². The summed E-state index contributed by atoms with van der Waals surface area (Å²) < 4.78 is 1.86. The number of aromatic hydroxyl groups is 1. The van der Waals surface area contributed by atoms with Gasteiger partial charge in [-0.05, 0) is 32.1 Å². The highest BCUT2D eigenvalue weighted by Crippen LogP contribution is 2.40. The number of azo groups is 1. The summed E-state index contributed by atoms with van der Waals surface area (Å²) >= 11 is 4.87. The van der Waals surface area contributed by atoms with Crippen LogP contribution in [0, 0.1) is 4.77 Å². The number of aromatic amines is 2. The first-order valence-electron chi connectivity index (χ1n) is 7.96. The Morgan fingerprint density at radius 2 is 2.04 bits per heavy atom. The number of hydrogen-bond acceptors (Lipinski definition) is 5. The molecule has 0 spiro atoms. The van der Waals surface area contributed by atoms with Gasteiger partial charge in [-0.2, -0.15) is 0 Å². The molecule has 0 saturated heterocycles. The Kier molecular flexibility index (Phi) is 4.81. The van der Waals surface area contributed by atoms with Gasteiger partial charge in [0, 0.05) is 23.2 Å². The third-order valence-electron chi connectivity index (χ3n) is 3.79. The van der Waals surface area contributed by atoms with Gasteiger partial charge in [0.1, 0.15) is 0 Å². The van der Waals surface area contributed by atoms with Crippen molar-refractivity contribution in [3.63, 3.8) is 0 Å². The molecule has 3 rings (SSSR count). The van der Waals surface area contributed by atoms with Crippen molar-refractivity contribution in [3.05, 3.63) is 51.2 Å². The molecule has 26 heavy (non-hydrogen) atoms. The number of para-hydroxylation sites is 1. The minimum Gasteiger partial charge on any atom is -0.493 e. The fourth-order valence-electron chi connectivity index (χ4n) is 2.77. The number of carbonyl (C=O) groups excluding carboxylic acids is 1. The van der Waals surface area contributed by atoms with E-state index in [-0.39, 0.29) is 28.8 Å². The number of aromatic nitrogens is 3. The molecule has 0 saturated carbocycles. The number of amides is 1. The van der Waals surface area contributed by atoms with E-state index >= 15 is 0 Å². The molecule has 2 heterocycles. The number of H-pyrrole nitrogens is 2. The molecule has 9 heteroatoms. The van der Waals surface area contributed by atoms with Crippen LogP contribution in [0.3, 0.4) is 0 Å². The van der Waals surface area contributed by atoms with Crippen molar-refractivity contribution >= 4 is 34.7 Å². The van der Waals surface area contributed by atoms with Crippen molar-refractivity contribution in [1.29, 1.82) is 0 Å². The molecule has 0 unspecified atom stereocenters. The lowest BCUT2D eigenvalue weighted by Crippen LogP contribution is -2.10. The predicted molar refractivity (Wildman–Crippen MR) is 99.5 cm³/mol. The van der Waals surface area contributed by atoms with E-state index in [4.69, 9.17) is 12.2 Å². The van der Waals surface area contributed by atoms with E-state index in [1.807, 2.05) is 32.0 Å². The van der Waals surface area contributed by atoms with Gasteiger partial charge in [-0.25, -0.2) is 0 Å². The van der Waals surface area contributed by atoms with E-state index in [2.05, 4.69) is 20.2 Å². The molecular weight excluding hydrogens is 354 g/mol. The summed E-state index contributed by atoms with van der Waals surface area (Å²) in [6, 6.07) is 8.61. The zero-order valence-electron chi connectivity index (χ0n) is 14.2. The highest BCUT2D eigenvalue weighted by Gasteiger charge is 2.18. The highest BCUT2D eigenvalue weighted by molar-refractivity contribution is 7.71. The maximum atomic E-state index is 12.1. The van der Waals surface area contributed by atoms with Crippen LogP contribution in [0.2, 0.25) is 0 Å². The van der Waals surface area contributed by atoms with E-state index in [1.54, 1.807) is 10.6 Å². The Bertz CT molecular complexity index is 1100. The van der Waals surface area contributed by atoms with Crippen molar-refractivity contribution in [2.75, 3.05) is 0 Å². The van der Waals surface area contributed by atoms with Gasteiger partial charge in [0.15, 0.2) is 10.5 Å². The maximum absolute atomic E-state index is 12.1. The van der Waals surface area contributed by atoms with Crippen LogP contribution in [-0.2, 0) is 11.2 Å². The molecule has 0 atom stereocenters. The second-order valence-electron chi connectivity index (χ2n) is 6.04. The SMILES string of the molecule is CC(C)n1c(O)c(N=NC(=O)Cc2cc(=O)[nH]c(=S)[nH]2)c2ccccc21. The number of fused-ring (bicyclic) bond motifs is 1. The summed E-state index contributed by atoms with van der Waals surface area (Å²) in [4.78, 5) is 28.6. The van der Waals surface area contributed by atoms with Gasteiger partial charge >= 0.3 is 0 Å². The fourth-order valence-corrected chi connectivity index (χ4v) is 3.00. The van der Waals surface area contributed by atoms with Gasteiger partial charge in [0.25, 0.3) is 11.5 Å². The summed E-state index contributed by atoms with van der Waals surface area (Å²) in [5.41, 5.74) is 0.990. The average molecular weight is 371 g/mol. The van der Waals surface area contributed by atoms with Gasteiger partial charge in [0.2, 0.25) is 5.88 Å². The summed E-state index contributed by atoms with van der Waals surface area (Å²) in [7, 11) is 0. The molecular formula is C17H17N5O3S. The maximum Gasteiger partial charge on any atom is 0.270 e. The van der Waals surface area contributed by atoms with E-state index < -0.39 is 11.5 Å². The fraction of sp³-hybridized carbons (Fsp3) is 0.235. The Balaban J connectivity index is 1.93. The Hall–Kier alpha value is -3.07. The molecule has 0 aliphatic heterocycles. The first-order valence-corrected chi connectivity index (χ1v) is 8.36. The van der Waals surface area contributed by atoms with Crippen LogP contribution in [0.15, 0.2) is 45.4 Å². The molecule has 3 aromatic rings. The standard InChI is InChI=1S/C17H17N5O3S/c1-9(2)22-12-6-4-3-5-11(12)15(16(22)25)21-20-14(24)8-10-7-13(23)19-17(26)18-10/h3-7,9,25H,8H2,1-2H3,(H2,18,19,23,26). The van der Waals surface area contributed by atoms with Gasteiger partial charge in [-0.15, -0.1) is 10.2 Å². The molecule has 134 valence electrons. The number of nitrogens with one attached hydrogen (secondary N) is 2. The summed E-state index contributed by atoms with van der Waals surface area (Å²) in [6.45, 7) is 3.88. The minimum absolute atomic E-state index is 0.00988. The minimum atomic E-state index is -0.568. The van der Waals surface area contributed by atoms with Crippen molar-refractivity contribution in [1.82, 2.24) is 14.5 Å². The summed E-state index contributed by atoms with van der Waals surface area (Å²) in [6.07, 6.45) is -0.152. The summed E-state index contributed by atoms with van der Waals surface area (Å²) in [5.74, 6) is -0.615. The number of benzene rings is 1. The summed E-state index contributed by atoms with van der Waals surface area (Å²) in [5, 5.41) is 18.8. The van der Waals surface area contributed by atoms with Crippen LogP contribution in [0.5, 0.6) is 5.88 Å². The van der Waals surface area contributed by atoms with Gasteiger partial charge in [0.05, 0.1) is 11.9 Å². The largest absolute Gasteiger partial charge is 0.493 e. The van der Waals surface area contributed by atoms with Crippen LogP contribution >= 0.6 is 12.2 Å². The third kappa shape index (κ3) is 3.47. The molecule has 0 bridgehead atoms. The molecule has 0 radical (unpaired) electrons. The van der Waals surface area contributed by atoms with Crippen LogP contribution in [0.1, 0.15) is 25.6 Å². The Morgan fingerprint density at radius 1 is 1.31 bits per heavy atom. The molecule has 8 nitrogen and oxygen atoms in total. The Labute approximate surface area is 153 Å². The first-order chi connectivity index (χ1) is 12.4. The highest BCUT2D eigenvalue weighted by atomic mass is 32.1. The van der Waals surface area contributed by atoms with Crippen molar-refractivity contribution in [3.8, 4) is 5.88 Å². The van der Waals surface area contributed by atoms with E-state index in [9.17, 15) is 14.7 Å². The second kappa shape index (κ2) is 7.04. The molecule has 2 aromatic heterocycles. The number of nitrogens with zero attached hydrogens (tertiary/aromatic N) is 3. The molecule has 0 fully saturated rings. The monoisotopic (exact) mass is 371 g/mol. The number of carbonyl (C=O) groups is 1. The average Bonchev–Trinajstić information content (AvgIpc) is 2.83. The quantitative estimate of drug-likeness (QED) is 0.480. The van der Waals surface area contributed by atoms with Gasteiger partial charge in [-0.1, -0.05) is 18.2 Å². The molecule has 3 N–H and O–H groups in total. The smallest absolute Gasteiger partial charge is 0.270 e. The molecule has 1 amide bonds. The Morgan fingerprint density at radius 3 is 2.73 bits per heavy atom. The predicted octanol–water partition coefficient (Wildman–Crippen LogP) is 3.53. The van der Waals surface area contributed by atoms with Crippen molar-refractivity contribution in [2.45, 2.75) is 26.3 Å². The van der Waals surface area contributed by atoms with Gasteiger partial charge < -0.3 is 14.7 Å². The molecule has 0 aliphatic carbocycles. The van der Waals surface area contributed by atoms with Crippen LogP contribution in [0.25, 0.3) is 10.9 Å². The lowest BCUT2D eigenvalue weighted by atomic mass is 10.2. The van der Waals surface area contributed by atoms with Crippen molar-refractivity contribution < 1.29 is 9.90 Å². The van der Waals surface area contributed by atoms with E-state index in [1.165, 1.54) is 6.07 Å². The molecule has 1 aromatic carbocycles. The second-order valence-corrected chi connectivity index (χ2v) is 6.44. The van der Waals surface area contributed by atoms with Crippen molar-refractivity contribution in [2.24, 2.45) is 10.2 Å². The zero-order valence-corrected chi connectivity index (χ0v) is 15.0. The van der Waals surface area contributed by atoms with E-state index in [0.717, 1.165) is 5.52 Å². The topological polar surface area (TPSA) is 116 Å². The molecule has 0 aliphatic rings. The van der Waals surface area contributed by atoms with Crippen LogP contribution in [-0.4, -0.2) is 25.5 Å². The lowest BCUT2D eigenvalue weighted by molar-refractivity contribution is -0.117. The zero-order chi connectivity index (χ0) is 18.8. The normalized spacial score (nSPS) is 11.7. The van der Waals surface area contributed by atoms with Crippen LogP contribution < -0.4 is 5.56 Å². The van der Waals surface area contributed by atoms with E-state index in [0.29, 0.717) is 11.1 Å². The lowest BCUT2D eigenvalue weighted by Gasteiger charge is -2.10. The third-order valence-corrected chi connectivity index (χ3v) is 4.00.